The Morgan fingerprint density at radius 3 is 2.45 bits per heavy atom. The summed E-state index contributed by atoms with van der Waals surface area (Å²) < 4.78 is 11.4. The van der Waals surface area contributed by atoms with E-state index in [2.05, 4.69) is 0 Å². The van der Waals surface area contributed by atoms with Gasteiger partial charge in [-0.2, -0.15) is 0 Å². The lowest BCUT2D eigenvalue weighted by molar-refractivity contribution is -0.379. The number of hydrogen-bond donors (Lipinski definition) is 0. The molecule has 0 radical (unpaired) electrons. The zero-order valence-electron chi connectivity index (χ0n) is 12.0. The lowest BCUT2D eigenvalue weighted by Gasteiger charge is -2.09. The van der Waals surface area contributed by atoms with Crippen LogP contribution in [0.25, 0.3) is 21.2 Å². The number of methoxy groups -OCH3 is 2. The summed E-state index contributed by atoms with van der Waals surface area (Å²) in [4.78, 5) is 11.1. The Balaban J connectivity index is 2.29. The largest absolute Gasteiger partial charge is 0.493 e. The number of ether oxygens (including phenoxy) is 2. The first-order chi connectivity index (χ1) is 10.7. The molecular formula is C16H13NO4S. The molecule has 0 atom stereocenters. The quantitative estimate of drug-likeness (QED) is 0.525. The standard InChI is InChI=1S/C16H13NO4S/c1-20-12-8-7-10(9-13(12)21-2)15-11-5-3-4-6-14(11)22-16(15)17(18)19/h3-9H,1-2H3. The second kappa shape index (κ2) is 5.65. The molecule has 0 unspecified atom stereocenters. The van der Waals surface area contributed by atoms with Crippen LogP contribution in [-0.4, -0.2) is 19.1 Å². The second-order valence-electron chi connectivity index (χ2n) is 4.61. The van der Waals surface area contributed by atoms with E-state index in [0.717, 1.165) is 15.6 Å². The number of thiophene rings is 1. The summed E-state index contributed by atoms with van der Waals surface area (Å²) in [5.41, 5.74) is 1.35. The van der Waals surface area contributed by atoms with Crippen LogP contribution in [0.5, 0.6) is 11.5 Å². The van der Waals surface area contributed by atoms with E-state index in [9.17, 15) is 10.1 Å². The van der Waals surface area contributed by atoms with Gasteiger partial charge in [-0.15, -0.1) is 0 Å². The van der Waals surface area contributed by atoms with Crippen LogP contribution in [0.2, 0.25) is 0 Å². The van der Waals surface area contributed by atoms with Gasteiger partial charge in [-0.05, 0) is 23.8 Å². The molecule has 0 aliphatic heterocycles. The summed E-state index contributed by atoms with van der Waals surface area (Å²) in [6, 6.07) is 12.9. The third-order valence-electron chi connectivity index (χ3n) is 3.41. The van der Waals surface area contributed by atoms with Crippen LogP contribution in [0.1, 0.15) is 0 Å². The Kier molecular flexibility index (Phi) is 3.68. The van der Waals surface area contributed by atoms with E-state index in [0.29, 0.717) is 17.1 Å². The van der Waals surface area contributed by atoms with Crippen molar-refractivity contribution in [3.63, 3.8) is 0 Å². The van der Waals surface area contributed by atoms with Crippen LogP contribution >= 0.6 is 11.3 Å². The zero-order valence-corrected chi connectivity index (χ0v) is 12.8. The molecule has 2 aromatic carbocycles. The SMILES string of the molecule is COc1ccc(-c2c([N+](=O)[O-])sc3ccccc23)cc1OC. The van der Waals surface area contributed by atoms with Gasteiger partial charge in [-0.1, -0.05) is 35.6 Å². The van der Waals surface area contributed by atoms with Crippen LogP contribution in [0.3, 0.4) is 0 Å². The average Bonchev–Trinajstić information content (AvgIpc) is 2.94. The van der Waals surface area contributed by atoms with Crippen molar-refractivity contribution in [1.29, 1.82) is 0 Å². The van der Waals surface area contributed by atoms with Crippen LogP contribution in [0.4, 0.5) is 5.00 Å². The summed E-state index contributed by atoms with van der Waals surface area (Å²) >= 11 is 1.18. The zero-order chi connectivity index (χ0) is 15.7. The molecular weight excluding hydrogens is 302 g/mol. The molecule has 6 heteroatoms. The first kappa shape index (κ1) is 14.3. The van der Waals surface area contributed by atoms with E-state index < -0.39 is 0 Å². The lowest BCUT2D eigenvalue weighted by Crippen LogP contribution is -1.92. The Morgan fingerprint density at radius 2 is 1.77 bits per heavy atom. The van der Waals surface area contributed by atoms with Gasteiger partial charge in [0.05, 0.1) is 24.7 Å². The Morgan fingerprint density at radius 1 is 1.05 bits per heavy atom. The maximum atomic E-state index is 11.4. The highest BCUT2D eigenvalue weighted by molar-refractivity contribution is 7.22. The maximum absolute atomic E-state index is 11.4. The van der Waals surface area contributed by atoms with Crippen molar-refractivity contribution in [2.75, 3.05) is 14.2 Å². The van der Waals surface area contributed by atoms with Crippen LogP contribution in [0, 0.1) is 10.1 Å². The average molecular weight is 315 g/mol. The number of fused-ring (bicyclic) bond motifs is 1. The van der Waals surface area contributed by atoms with Gasteiger partial charge in [-0.25, -0.2) is 0 Å². The molecule has 0 saturated heterocycles. The summed E-state index contributed by atoms with van der Waals surface area (Å²) in [6.45, 7) is 0. The maximum Gasteiger partial charge on any atom is 0.333 e. The summed E-state index contributed by atoms with van der Waals surface area (Å²) in [5.74, 6) is 1.14. The molecule has 0 aliphatic carbocycles. The Bertz CT molecular complexity index is 856. The predicted octanol–water partition coefficient (Wildman–Crippen LogP) is 4.49. The van der Waals surface area contributed by atoms with E-state index >= 15 is 0 Å². The fraction of sp³-hybridized carbons (Fsp3) is 0.125. The molecule has 3 aromatic rings. The Hall–Kier alpha value is -2.60. The number of rotatable bonds is 4. The molecule has 0 aliphatic rings. The van der Waals surface area contributed by atoms with Gasteiger partial charge in [0.15, 0.2) is 11.5 Å². The first-order valence-electron chi connectivity index (χ1n) is 6.54. The fourth-order valence-corrected chi connectivity index (χ4v) is 3.47. The summed E-state index contributed by atoms with van der Waals surface area (Å²) in [5, 5.41) is 12.4. The number of hydrogen-bond acceptors (Lipinski definition) is 5. The van der Waals surface area contributed by atoms with Crippen molar-refractivity contribution in [2.24, 2.45) is 0 Å². The molecule has 0 spiro atoms. The minimum atomic E-state index is -0.337. The summed E-state index contributed by atoms with van der Waals surface area (Å²) in [6.07, 6.45) is 0. The fourth-order valence-electron chi connectivity index (χ4n) is 2.43. The molecule has 22 heavy (non-hydrogen) atoms. The van der Waals surface area contributed by atoms with Crippen molar-refractivity contribution >= 4 is 26.4 Å². The molecule has 0 saturated carbocycles. The lowest BCUT2D eigenvalue weighted by atomic mass is 10.0. The normalized spacial score (nSPS) is 10.6. The molecule has 0 fully saturated rings. The number of nitrogens with zero attached hydrogens (tertiary/aromatic N) is 1. The molecule has 1 heterocycles. The number of nitro groups is 1. The third-order valence-corrected chi connectivity index (χ3v) is 4.54. The predicted molar refractivity (Wildman–Crippen MR) is 87.0 cm³/mol. The van der Waals surface area contributed by atoms with Gasteiger partial charge >= 0.3 is 5.00 Å². The number of benzene rings is 2. The van der Waals surface area contributed by atoms with Gasteiger partial charge in [0.1, 0.15) is 0 Å². The van der Waals surface area contributed by atoms with Crippen LogP contribution in [0.15, 0.2) is 42.5 Å². The van der Waals surface area contributed by atoms with Crippen molar-refractivity contribution in [3.8, 4) is 22.6 Å². The molecule has 112 valence electrons. The van der Waals surface area contributed by atoms with Gasteiger partial charge in [0, 0.05) is 10.1 Å². The molecule has 0 amide bonds. The minimum absolute atomic E-state index is 0.133. The third kappa shape index (κ3) is 2.27. The smallest absolute Gasteiger partial charge is 0.333 e. The highest BCUT2D eigenvalue weighted by Gasteiger charge is 2.23. The molecule has 5 nitrogen and oxygen atoms in total. The monoisotopic (exact) mass is 315 g/mol. The van der Waals surface area contributed by atoms with Crippen LogP contribution in [-0.2, 0) is 0 Å². The van der Waals surface area contributed by atoms with Crippen molar-refractivity contribution in [1.82, 2.24) is 0 Å². The molecule has 0 bridgehead atoms. The summed E-state index contributed by atoms with van der Waals surface area (Å²) in [7, 11) is 3.10. The van der Waals surface area contributed by atoms with E-state index in [4.69, 9.17) is 9.47 Å². The van der Waals surface area contributed by atoms with E-state index in [1.807, 2.05) is 30.3 Å². The van der Waals surface area contributed by atoms with Gasteiger partial charge < -0.3 is 9.47 Å². The highest BCUT2D eigenvalue weighted by Crippen LogP contribution is 2.45. The van der Waals surface area contributed by atoms with Crippen molar-refractivity contribution < 1.29 is 14.4 Å². The van der Waals surface area contributed by atoms with Gasteiger partial charge in [-0.3, -0.25) is 10.1 Å². The van der Waals surface area contributed by atoms with Crippen LogP contribution < -0.4 is 9.47 Å². The molecule has 1 aromatic heterocycles. The van der Waals surface area contributed by atoms with E-state index in [1.54, 1.807) is 26.4 Å². The van der Waals surface area contributed by atoms with Gasteiger partial charge in [0.2, 0.25) is 0 Å². The highest BCUT2D eigenvalue weighted by atomic mass is 32.1. The Labute approximate surface area is 130 Å². The topological polar surface area (TPSA) is 61.6 Å². The van der Waals surface area contributed by atoms with Gasteiger partial charge in [0.25, 0.3) is 0 Å². The van der Waals surface area contributed by atoms with Crippen molar-refractivity contribution in [3.05, 3.63) is 52.6 Å². The minimum Gasteiger partial charge on any atom is -0.493 e. The second-order valence-corrected chi connectivity index (χ2v) is 5.64. The van der Waals surface area contributed by atoms with E-state index in [-0.39, 0.29) is 9.92 Å². The molecule has 0 N–H and O–H groups in total. The van der Waals surface area contributed by atoms with Crippen molar-refractivity contribution in [2.45, 2.75) is 0 Å². The van der Waals surface area contributed by atoms with E-state index in [1.165, 1.54) is 11.3 Å². The first-order valence-corrected chi connectivity index (χ1v) is 7.35. The molecule has 3 rings (SSSR count).